The Morgan fingerprint density at radius 3 is 2.35 bits per heavy atom. The number of benzene rings is 3. The molecule has 0 radical (unpaired) electrons. The Morgan fingerprint density at radius 1 is 0.941 bits per heavy atom. The summed E-state index contributed by atoms with van der Waals surface area (Å²) in [5.74, 6) is -0.932. The van der Waals surface area contributed by atoms with Crippen LogP contribution in [0.2, 0.25) is 0 Å². The Hall–Kier alpha value is -3.71. The van der Waals surface area contributed by atoms with Crippen LogP contribution >= 0.6 is 15.9 Å². The largest absolute Gasteiger partial charge is 0.488 e. The number of carbonyl (C=O) groups excluding carboxylic acids is 3. The van der Waals surface area contributed by atoms with Crippen LogP contribution in [-0.4, -0.2) is 17.8 Å². The fourth-order valence-corrected chi connectivity index (χ4v) is 4.30. The lowest BCUT2D eigenvalue weighted by Gasteiger charge is -2.27. The van der Waals surface area contributed by atoms with Crippen molar-refractivity contribution in [3.05, 3.63) is 98.5 Å². The molecule has 4 rings (SSSR count). The smallest absolute Gasteiger partial charge is 0.335 e. The number of hydrogen-bond donors (Lipinski definition) is 1. The molecule has 6 nitrogen and oxygen atoms in total. The molecule has 172 valence electrons. The summed E-state index contributed by atoms with van der Waals surface area (Å²) in [4.78, 5) is 39.4. The highest BCUT2D eigenvalue weighted by atomic mass is 79.9. The normalized spacial score (nSPS) is 15.0. The molecule has 3 aromatic carbocycles. The van der Waals surface area contributed by atoms with Gasteiger partial charge in [-0.3, -0.25) is 14.9 Å². The van der Waals surface area contributed by atoms with E-state index < -0.39 is 17.8 Å². The minimum absolute atomic E-state index is 0.155. The second kappa shape index (κ2) is 9.65. The van der Waals surface area contributed by atoms with Crippen LogP contribution in [0.4, 0.5) is 10.5 Å². The van der Waals surface area contributed by atoms with Gasteiger partial charge in [0.1, 0.15) is 17.9 Å². The predicted octanol–water partition coefficient (Wildman–Crippen LogP) is 5.62. The Morgan fingerprint density at radius 2 is 1.65 bits per heavy atom. The van der Waals surface area contributed by atoms with Gasteiger partial charge in [-0.15, -0.1) is 0 Å². The number of hydrogen-bond acceptors (Lipinski definition) is 4. The molecule has 4 amide bonds. The number of barbiturate groups is 1. The summed E-state index contributed by atoms with van der Waals surface area (Å²) >= 11 is 3.44. The standard InChI is InChI=1S/C27H23BrN2O4/c1-16-10-17(2)12-19(11-16)15-34-24-9-8-21(28)13-20(24)14-22-25(31)29-27(33)30(26(22)32)23-7-5-4-6-18(23)3/h4-14H,15H2,1-3H3,(H,29,31,33)/b22-14+. The minimum Gasteiger partial charge on any atom is -0.488 e. The molecular formula is C27H23BrN2O4. The lowest BCUT2D eigenvalue weighted by Crippen LogP contribution is -2.54. The average Bonchev–Trinajstić information content (AvgIpc) is 2.76. The van der Waals surface area contributed by atoms with Crippen LogP contribution in [0.25, 0.3) is 6.08 Å². The summed E-state index contributed by atoms with van der Waals surface area (Å²) in [6.07, 6.45) is 1.46. The number of urea groups is 1. The van der Waals surface area contributed by atoms with Crippen LogP contribution in [0.1, 0.15) is 27.8 Å². The molecule has 0 spiro atoms. The number of halogens is 1. The van der Waals surface area contributed by atoms with Gasteiger partial charge in [-0.2, -0.15) is 0 Å². The van der Waals surface area contributed by atoms with E-state index in [1.165, 1.54) is 6.08 Å². The summed E-state index contributed by atoms with van der Waals surface area (Å²) in [7, 11) is 0. The highest BCUT2D eigenvalue weighted by Crippen LogP contribution is 2.29. The van der Waals surface area contributed by atoms with E-state index in [0.29, 0.717) is 23.6 Å². The number of nitrogens with one attached hydrogen (secondary N) is 1. The predicted molar refractivity (Wildman–Crippen MR) is 135 cm³/mol. The summed E-state index contributed by atoms with van der Waals surface area (Å²) in [5.41, 5.74) is 4.84. The van der Waals surface area contributed by atoms with Gasteiger partial charge in [-0.05, 0) is 62.2 Å². The van der Waals surface area contributed by atoms with E-state index in [4.69, 9.17) is 4.74 Å². The Balaban J connectivity index is 1.69. The molecule has 0 aromatic heterocycles. The maximum absolute atomic E-state index is 13.3. The average molecular weight is 519 g/mol. The summed E-state index contributed by atoms with van der Waals surface area (Å²) in [6, 6.07) is 17.8. The van der Waals surface area contributed by atoms with E-state index in [1.54, 1.807) is 37.3 Å². The van der Waals surface area contributed by atoms with Crippen LogP contribution < -0.4 is 15.0 Å². The third-order valence-corrected chi connectivity index (χ3v) is 5.90. The number of nitrogens with zero attached hydrogens (tertiary/aromatic N) is 1. The second-order valence-electron chi connectivity index (χ2n) is 8.21. The zero-order valence-corrected chi connectivity index (χ0v) is 20.6. The van der Waals surface area contributed by atoms with E-state index in [0.717, 1.165) is 31.6 Å². The summed E-state index contributed by atoms with van der Waals surface area (Å²) in [5, 5.41) is 2.27. The topological polar surface area (TPSA) is 75.7 Å². The van der Waals surface area contributed by atoms with Crippen molar-refractivity contribution in [2.75, 3.05) is 4.90 Å². The third-order valence-electron chi connectivity index (χ3n) is 5.41. The number of imide groups is 2. The van der Waals surface area contributed by atoms with Gasteiger partial charge in [0.15, 0.2) is 0 Å². The van der Waals surface area contributed by atoms with Crippen molar-refractivity contribution in [1.82, 2.24) is 5.32 Å². The van der Waals surface area contributed by atoms with Gasteiger partial charge in [0.25, 0.3) is 11.8 Å². The van der Waals surface area contributed by atoms with Crippen LogP contribution in [0.15, 0.2) is 70.7 Å². The van der Waals surface area contributed by atoms with Gasteiger partial charge in [-0.25, -0.2) is 9.69 Å². The summed E-state index contributed by atoms with van der Waals surface area (Å²) < 4.78 is 6.82. The molecule has 0 unspecified atom stereocenters. The van der Waals surface area contributed by atoms with Crippen molar-refractivity contribution in [2.45, 2.75) is 27.4 Å². The summed E-state index contributed by atoms with van der Waals surface area (Å²) in [6.45, 7) is 6.18. The molecule has 1 aliphatic heterocycles. The van der Waals surface area contributed by atoms with E-state index in [9.17, 15) is 14.4 Å². The quantitative estimate of drug-likeness (QED) is 0.351. The van der Waals surface area contributed by atoms with Crippen LogP contribution in [0.5, 0.6) is 5.75 Å². The fraction of sp³-hybridized carbons (Fsp3) is 0.148. The second-order valence-corrected chi connectivity index (χ2v) is 9.13. The van der Waals surface area contributed by atoms with Gasteiger partial charge < -0.3 is 4.74 Å². The van der Waals surface area contributed by atoms with Crippen molar-refractivity contribution in [3.8, 4) is 5.75 Å². The molecule has 0 aliphatic carbocycles. The maximum Gasteiger partial charge on any atom is 0.335 e. The van der Waals surface area contributed by atoms with Gasteiger partial charge in [-0.1, -0.05) is 63.5 Å². The first-order valence-corrected chi connectivity index (χ1v) is 11.5. The molecular weight excluding hydrogens is 496 g/mol. The molecule has 7 heteroatoms. The van der Waals surface area contributed by atoms with Crippen LogP contribution in [0.3, 0.4) is 0 Å². The molecule has 1 fully saturated rings. The fourth-order valence-electron chi connectivity index (χ4n) is 3.92. The first-order valence-electron chi connectivity index (χ1n) is 10.7. The highest BCUT2D eigenvalue weighted by molar-refractivity contribution is 9.10. The molecule has 1 saturated heterocycles. The SMILES string of the molecule is Cc1cc(C)cc(COc2ccc(Br)cc2/C=C2\C(=O)NC(=O)N(c3ccccc3C)C2=O)c1. The monoisotopic (exact) mass is 518 g/mol. The van der Waals surface area contributed by atoms with Gasteiger partial charge in [0, 0.05) is 10.0 Å². The van der Waals surface area contributed by atoms with E-state index >= 15 is 0 Å². The zero-order chi connectivity index (χ0) is 24.4. The van der Waals surface area contributed by atoms with Crippen LogP contribution in [0, 0.1) is 20.8 Å². The number of anilines is 1. The Labute approximate surface area is 206 Å². The van der Waals surface area contributed by atoms with E-state index in [-0.39, 0.29) is 5.57 Å². The molecule has 1 aliphatic rings. The molecule has 1 N–H and O–H groups in total. The maximum atomic E-state index is 13.3. The Kier molecular flexibility index (Phi) is 6.65. The van der Waals surface area contributed by atoms with E-state index in [2.05, 4.69) is 27.3 Å². The zero-order valence-electron chi connectivity index (χ0n) is 19.0. The van der Waals surface area contributed by atoms with Crippen molar-refractivity contribution >= 4 is 45.5 Å². The van der Waals surface area contributed by atoms with Crippen molar-refractivity contribution in [1.29, 1.82) is 0 Å². The Bertz CT molecular complexity index is 1330. The van der Waals surface area contributed by atoms with Gasteiger partial charge in [0.2, 0.25) is 0 Å². The van der Waals surface area contributed by atoms with Crippen LogP contribution in [-0.2, 0) is 16.2 Å². The van der Waals surface area contributed by atoms with Crippen molar-refractivity contribution in [2.24, 2.45) is 0 Å². The van der Waals surface area contributed by atoms with Crippen molar-refractivity contribution < 1.29 is 19.1 Å². The molecule has 1 heterocycles. The number of rotatable bonds is 5. The molecule has 34 heavy (non-hydrogen) atoms. The van der Waals surface area contributed by atoms with Gasteiger partial charge in [0.05, 0.1) is 5.69 Å². The number of ether oxygens (including phenoxy) is 1. The van der Waals surface area contributed by atoms with Crippen molar-refractivity contribution in [3.63, 3.8) is 0 Å². The third kappa shape index (κ3) is 4.94. The molecule has 0 saturated carbocycles. The number of aryl methyl sites for hydroxylation is 3. The number of carbonyl (C=O) groups is 3. The first kappa shape index (κ1) is 23.4. The van der Waals surface area contributed by atoms with E-state index in [1.807, 2.05) is 38.1 Å². The number of para-hydroxylation sites is 1. The molecule has 0 bridgehead atoms. The number of amides is 4. The minimum atomic E-state index is -0.776. The van der Waals surface area contributed by atoms with Gasteiger partial charge >= 0.3 is 6.03 Å². The molecule has 3 aromatic rings. The molecule has 0 atom stereocenters. The highest BCUT2D eigenvalue weighted by Gasteiger charge is 2.37. The lowest BCUT2D eigenvalue weighted by atomic mass is 10.0. The first-order chi connectivity index (χ1) is 16.2. The lowest BCUT2D eigenvalue weighted by molar-refractivity contribution is -0.122.